The summed E-state index contributed by atoms with van der Waals surface area (Å²) < 4.78 is 5.59. The predicted molar refractivity (Wildman–Crippen MR) is 74.9 cm³/mol. The Hall–Kier alpha value is -1.87. The van der Waals surface area contributed by atoms with Crippen molar-refractivity contribution in [3.05, 3.63) is 58.9 Å². The molecule has 0 atom stereocenters. The van der Waals surface area contributed by atoms with E-state index in [2.05, 4.69) is 4.98 Å². The van der Waals surface area contributed by atoms with E-state index in [0.717, 1.165) is 6.42 Å². The molecule has 0 fully saturated rings. The number of hydrogen-bond donors (Lipinski definition) is 0. The highest BCUT2D eigenvalue weighted by Gasteiger charge is 2.16. The van der Waals surface area contributed by atoms with Gasteiger partial charge in [-0.3, -0.25) is 9.78 Å². The molecule has 0 aliphatic heterocycles. The average Bonchev–Trinajstić information content (AvgIpc) is 2.45. The molecule has 2 aromatic rings. The van der Waals surface area contributed by atoms with Crippen LogP contribution in [0.5, 0.6) is 5.75 Å². The molecule has 19 heavy (non-hydrogen) atoms. The molecule has 2 rings (SSSR count). The lowest BCUT2D eigenvalue weighted by molar-refractivity contribution is 0.103. The zero-order valence-electron chi connectivity index (χ0n) is 10.6. The second-order valence-electron chi connectivity index (χ2n) is 4.03. The number of ether oxygens (including phenoxy) is 1. The van der Waals surface area contributed by atoms with E-state index in [1.54, 1.807) is 30.5 Å². The first-order valence-corrected chi connectivity index (χ1v) is 6.48. The van der Waals surface area contributed by atoms with E-state index in [0.29, 0.717) is 28.5 Å². The SMILES string of the molecule is CCCOc1ccccc1C(=O)c1ccncc1Cl. The Balaban J connectivity index is 2.36. The normalized spacial score (nSPS) is 10.2. The Kier molecular flexibility index (Phi) is 4.53. The van der Waals surface area contributed by atoms with Gasteiger partial charge in [0.1, 0.15) is 5.75 Å². The lowest BCUT2D eigenvalue weighted by Crippen LogP contribution is -2.06. The number of halogens is 1. The molecule has 0 aliphatic rings. The molecule has 1 heterocycles. The minimum atomic E-state index is -0.154. The highest BCUT2D eigenvalue weighted by atomic mass is 35.5. The monoisotopic (exact) mass is 275 g/mol. The second-order valence-corrected chi connectivity index (χ2v) is 4.44. The molecule has 98 valence electrons. The van der Waals surface area contributed by atoms with E-state index in [-0.39, 0.29) is 5.78 Å². The largest absolute Gasteiger partial charge is 0.493 e. The van der Waals surface area contributed by atoms with E-state index in [9.17, 15) is 4.79 Å². The molecule has 0 unspecified atom stereocenters. The molecule has 0 aliphatic carbocycles. The van der Waals surface area contributed by atoms with Gasteiger partial charge >= 0.3 is 0 Å². The third kappa shape index (κ3) is 3.12. The fourth-order valence-corrected chi connectivity index (χ4v) is 1.90. The van der Waals surface area contributed by atoms with Crippen LogP contribution in [0.15, 0.2) is 42.7 Å². The molecule has 0 saturated heterocycles. The second kappa shape index (κ2) is 6.34. The van der Waals surface area contributed by atoms with Gasteiger partial charge in [-0.25, -0.2) is 0 Å². The van der Waals surface area contributed by atoms with Crippen molar-refractivity contribution in [3.63, 3.8) is 0 Å². The van der Waals surface area contributed by atoms with Gasteiger partial charge in [0, 0.05) is 18.0 Å². The highest BCUT2D eigenvalue weighted by Crippen LogP contribution is 2.24. The van der Waals surface area contributed by atoms with Crippen LogP contribution in [0.2, 0.25) is 5.02 Å². The van der Waals surface area contributed by atoms with Gasteiger partial charge < -0.3 is 4.74 Å². The summed E-state index contributed by atoms with van der Waals surface area (Å²) in [4.78, 5) is 16.3. The number of hydrogen-bond acceptors (Lipinski definition) is 3. The van der Waals surface area contributed by atoms with E-state index < -0.39 is 0 Å². The van der Waals surface area contributed by atoms with E-state index >= 15 is 0 Å². The Labute approximate surface area is 117 Å². The average molecular weight is 276 g/mol. The topological polar surface area (TPSA) is 39.2 Å². The first-order chi connectivity index (χ1) is 9.24. The number of carbonyl (C=O) groups excluding carboxylic acids is 1. The van der Waals surface area contributed by atoms with Crippen molar-refractivity contribution in [1.29, 1.82) is 0 Å². The summed E-state index contributed by atoms with van der Waals surface area (Å²) in [5.41, 5.74) is 0.952. The number of nitrogens with zero attached hydrogens (tertiary/aromatic N) is 1. The van der Waals surface area contributed by atoms with Crippen LogP contribution in [0.4, 0.5) is 0 Å². The third-order valence-electron chi connectivity index (χ3n) is 2.61. The fraction of sp³-hybridized carbons (Fsp3) is 0.200. The first kappa shape index (κ1) is 13.6. The summed E-state index contributed by atoms with van der Waals surface area (Å²) in [6.45, 7) is 2.60. The lowest BCUT2D eigenvalue weighted by Gasteiger charge is -2.10. The van der Waals surface area contributed by atoms with Gasteiger partial charge in [-0.2, -0.15) is 0 Å². The highest BCUT2D eigenvalue weighted by molar-refractivity contribution is 6.34. The van der Waals surface area contributed by atoms with Crippen molar-refractivity contribution in [2.45, 2.75) is 13.3 Å². The Bertz CT molecular complexity index is 584. The van der Waals surface area contributed by atoms with Crippen LogP contribution in [0.3, 0.4) is 0 Å². The van der Waals surface area contributed by atoms with Gasteiger partial charge in [-0.1, -0.05) is 30.7 Å². The third-order valence-corrected chi connectivity index (χ3v) is 2.91. The lowest BCUT2D eigenvalue weighted by atomic mass is 10.0. The summed E-state index contributed by atoms with van der Waals surface area (Å²) in [6.07, 6.45) is 3.90. The summed E-state index contributed by atoms with van der Waals surface area (Å²) in [6, 6.07) is 8.79. The molecule has 0 saturated carbocycles. The predicted octanol–water partition coefficient (Wildman–Crippen LogP) is 3.75. The number of benzene rings is 1. The summed E-state index contributed by atoms with van der Waals surface area (Å²) >= 11 is 6.00. The maximum atomic E-state index is 12.5. The first-order valence-electron chi connectivity index (χ1n) is 6.10. The van der Waals surface area contributed by atoms with Gasteiger partial charge in [0.15, 0.2) is 5.78 Å². The van der Waals surface area contributed by atoms with E-state index in [1.807, 2.05) is 13.0 Å². The number of para-hydroxylation sites is 1. The van der Waals surface area contributed by atoms with Crippen LogP contribution < -0.4 is 4.74 Å². The van der Waals surface area contributed by atoms with Crippen LogP contribution in [-0.4, -0.2) is 17.4 Å². The van der Waals surface area contributed by atoms with Gasteiger partial charge in [0.2, 0.25) is 0 Å². The number of pyridine rings is 1. The van der Waals surface area contributed by atoms with Crippen LogP contribution in [0.1, 0.15) is 29.3 Å². The molecule has 4 heteroatoms. The minimum absolute atomic E-state index is 0.154. The minimum Gasteiger partial charge on any atom is -0.493 e. The molecular weight excluding hydrogens is 262 g/mol. The number of rotatable bonds is 5. The molecule has 0 amide bonds. The molecule has 0 spiro atoms. The maximum absolute atomic E-state index is 12.5. The number of carbonyl (C=O) groups is 1. The Morgan fingerprint density at radius 2 is 2.05 bits per heavy atom. The molecule has 0 N–H and O–H groups in total. The van der Waals surface area contributed by atoms with E-state index in [4.69, 9.17) is 16.3 Å². The van der Waals surface area contributed by atoms with Gasteiger partial charge in [0.25, 0.3) is 0 Å². The molecule has 3 nitrogen and oxygen atoms in total. The summed E-state index contributed by atoms with van der Waals surface area (Å²) in [7, 11) is 0. The van der Waals surface area contributed by atoms with Gasteiger partial charge in [-0.05, 0) is 24.6 Å². The van der Waals surface area contributed by atoms with E-state index in [1.165, 1.54) is 6.20 Å². The van der Waals surface area contributed by atoms with Crippen molar-refractivity contribution in [1.82, 2.24) is 4.98 Å². The Morgan fingerprint density at radius 1 is 1.26 bits per heavy atom. The van der Waals surface area contributed by atoms with Crippen molar-refractivity contribution in [2.24, 2.45) is 0 Å². The fourth-order valence-electron chi connectivity index (χ4n) is 1.70. The van der Waals surface area contributed by atoms with Crippen LogP contribution in [0, 0.1) is 0 Å². The molecule has 0 radical (unpaired) electrons. The number of aromatic nitrogens is 1. The summed E-state index contributed by atoms with van der Waals surface area (Å²) in [5.74, 6) is 0.432. The Morgan fingerprint density at radius 3 is 2.79 bits per heavy atom. The van der Waals surface area contributed by atoms with Crippen LogP contribution >= 0.6 is 11.6 Å². The van der Waals surface area contributed by atoms with Crippen molar-refractivity contribution in [3.8, 4) is 5.75 Å². The van der Waals surface area contributed by atoms with Crippen molar-refractivity contribution >= 4 is 17.4 Å². The summed E-state index contributed by atoms with van der Waals surface area (Å²) in [5, 5.41) is 0.345. The van der Waals surface area contributed by atoms with Gasteiger partial charge in [-0.15, -0.1) is 0 Å². The number of ketones is 1. The van der Waals surface area contributed by atoms with Crippen molar-refractivity contribution < 1.29 is 9.53 Å². The smallest absolute Gasteiger partial charge is 0.198 e. The molecule has 0 bridgehead atoms. The zero-order chi connectivity index (χ0) is 13.7. The molecule has 1 aromatic heterocycles. The molecule has 1 aromatic carbocycles. The van der Waals surface area contributed by atoms with Crippen LogP contribution in [-0.2, 0) is 0 Å². The maximum Gasteiger partial charge on any atom is 0.198 e. The van der Waals surface area contributed by atoms with Gasteiger partial charge in [0.05, 0.1) is 17.2 Å². The zero-order valence-corrected chi connectivity index (χ0v) is 11.4. The quantitative estimate of drug-likeness (QED) is 0.780. The van der Waals surface area contributed by atoms with Crippen molar-refractivity contribution in [2.75, 3.05) is 6.61 Å². The standard InChI is InChI=1S/C15H14ClNO2/c1-2-9-19-14-6-4-3-5-12(14)15(18)11-7-8-17-10-13(11)16/h3-8,10H,2,9H2,1H3. The molecular formula is C15H14ClNO2. The van der Waals surface area contributed by atoms with Crippen LogP contribution in [0.25, 0.3) is 0 Å².